The molecule has 0 aromatic heterocycles. The summed E-state index contributed by atoms with van der Waals surface area (Å²) in [6.45, 7) is 0. The monoisotopic (exact) mass is 332 g/mol. The number of nitriles is 1. The standard InChI is InChI=1S/C15H12N2O5S/c1-21-11-5-6-13(15(17)18)14(8-11)22-23(19,20)12-4-2-3-10(7-12)9-16/h2-8H,1H3,(H2,17,18). The van der Waals surface area contributed by atoms with Gasteiger partial charge in [0.25, 0.3) is 5.91 Å². The number of hydrogen-bond acceptors (Lipinski definition) is 6. The van der Waals surface area contributed by atoms with Crippen molar-refractivity contribution in [2.45, 2.75) is 4.90 Å². The third kappa shape index (κ3) is 3.59. The Kier molecular flexibility index (Phi) is 4.52. The van der Waals surface area contributed by atoms with E-state index in [9.17, 15) is 13.2 Å². The van der Waals surface area contributed by atoms with Gasteiger partial charge in [0.2, 0.25) is 0 Å². The van der Waals surface area contributed by atoms with E-state index in [1.807, 2.05) is 6.07 Å². The number of rotatable bonds is 5. The number of amides is 1. The maximum atomic E-state index is 12.3. The second-order valence-corrected chi connectivity index (χ2v) is 5.95. The first kappa shape index (κ1) is 16.3. The molecule has 0 saturated heterocycles. The van der Waals surface area contributed by atoms with Gasteiger partial charge >= 0.3 is 10.1 Å². The molecule has 0 atom stereocenters. The molecule has 8 heteroatoms. The van der Waals surface area contributed by atoms with Gasteiger partial charge in [-0.15, -0.1) is 0 Å². The van der Waals surface area contributed by atoms with Crippen LogP contribution in [-0.2, 0) is 10.1 Å². The van der Waals surface area contributed by atoms with Gasteiger partial charge in [0.05, 0.1) is 24.3 Å². The number of methoxy groups -OCH3 is 1. The minimum atomic E-state index is -4.24. The first-order valence-electron chi connectivity index (χ1n) is 6.30. The van der Waals surface area contributed by atoms with E-state index in [4.69, 9.17) is 19.9 Å². The average molecular weight is 332 g/mol. The van der Waals surface area contributed by atoms with E-state index >= 15 is 0 Å². The number of benzene rings is 2. The summed E-state index contributed by atoms with van der Waals surface area (Å²) in [6.07, 6.45) is 0. The number of carbonyl (C=O) groups is 1. The number of nitrogens with zero attached hydrogens (tertiary/aromatic N) is 1. The summed E-state index contributed by atoms with van der Waals surface area (Å²) in [5, 5.41) is 8.84. The highest BCUT2D eigenvalue weighted by Gasteiger charge is 2.21. The molecule has 0 spiro atoms. The molecule has 0 aliphatic rings. The number of primary amides is 1. The Hall–Kier alpha value is -3.05. The summed E-state index contributed by atoms with van der Waals surface area (Å²) in [5.41, 5.74) is 5.27. The average Bonchev–Trinajstić information content (AvgIpc) is 2.54. The zero-order valence-corrected chi connectivity index (χ0v) is 12.8. The van der Waals surface area contributed by atoms with Gasteiger partial charge in [-0.2, -0.15) is 13.7 Å². The van der Waals surface area contributed by atoms with Crippen LogP contribution >= 0.6 is 0 Å². The van der Waals surface area contributed by atoms with Gasteiger partial charge in [0.1, 0.15) is 10.6 Å². The lowest BCUT2D eigenvalue weighted by Gasteiger charge is -2.11. The Labute approximate surface area is 133 Å². The first-order valence-corrected chi connectivity index (χ1v) is 7.70. The van der Waals surface area contributed by atoms with Crippen molar-refractivity contribution in [1.82, 2.24) is 0 Å². The van der Waals surface area contributed by atoms with E-state index in [2.05, 4.69) is 0 Å². The molecule has 0 unspecified atom stereocenters. The molecule has 0 radical (unpaired) electrons. The molecule has 0 fully saturated rings. The smallest absolute Gasteiger partial charge is 0.339 e. The Morgan fingerprint density at radius 2 is 1.96 bits per heavy atom. The van der Waals surface area contributed by atoms with Crippen LogP contribution in [0.5, 0.6) is 11.5 Å². The number of carbonyl (C=O) groups excluding carboxylic acids is 1. The van der Waals surface area contributed by atoms with Gasteiger partial charge in [0, 0.05) is 6.07 Å². The van der Waals surface area contributed by atoms with Crippen molar-refractivity contribution in [3.05, 3.63) is 53.6 Å². The van der Waals surface area contributed by atoms with E-state index in [-0.39, 0.29) is 21.8 Å². The van der Waals surface area contributed by atoms with Gasteiger partial charge in [-0.25, -0.2) is 0 Å². The van der Waals surface area contributed by atoms with E-state index in [0.717, 1.165) is 0 Å². The molecule has 2 rings (SSSR count). The molecule has 0 aliphatic heterocycles. The van der Waals surface area contributed by atoms with Crippen molar-refractivity contribution in [2.24, 2.45) is 5.73 Å². The Balaban J connectivity index is 2.48. The van der Waals surface area contributed by atoms with Crippen LogP contribution < -0.4 is 14.7 Å². The van der Waals surface area contributed by atoms with Crippen LogP contribution in [0.4, 0.5) is 0 Å². The maximum absolute atomic E-state index is 12.3. The molecule has 0 bridgehead atoms. The molecular weight excluding hydrogens is 320 g/mol. The predicted octanol–water partition coefficient (Wildman–Crippen LogP) is 1.43. The van der Waals surface area contributed by atoms with Crippen molar-refractivity contribution < 1.29 is 22.1 Å². The Morgan fingerprint density at radius 3 is 2.57 bits per heavy atom. The zero-order chi connectivity index (χ0) is 17.0. The van der Waals surface area contributed by atoms with E-state index < -0.39 is 16.0 Å². The highest BCUT2D eigenvalue weighted by atomic mass is 32.2. The summed E-state index contributed by atoms with van der Waals surface area (Å²) in [5.74, 6) is -0.797. The van der Waals surface area contributed by atoms with Crippen molar-refractivity contribution >= 4 is 16.0 Å². The van der Waals surface area contributed by atoms with Crippen molar-refractivity contribution in [1.29, 1.82) is 5.26 Å². The normalized spacial score (nSPS) is 10.6. The van der Waals surface area contributed by atoms with Crippen molar-refractivity contribution in [3.63, 3.8) is 0 Å². The lowest BCUT2D eigenvalue weighted by Crippen LogP contribution is -2.16. The van der Waals surface area contributed by atoms with Crippen molar-refractivity contribution in [3.8, 4) is 17.6 Å². The van der Waals surface area contributed by atoms with Crippen LogP contribution in [0.15, 0.2) is 47.4 Å². The van der Waals surface area contributed by atoms with Gasteiger partial charge in [-0.1, -0.05) is 6.07 Å². The summed E-state index contributed by atoms with van der Waals surface area (Å²) in [4.78, 5) is 11.2. The Bertz CT molecular complexity index is 900. The van der Waals surface area contributed by atoms with Gasteiger partial charge in [0.15, 0.2) is 5.75 Å². The molecule has 118 valence electrons. The fraction of sp³-hybridized carbons (Fsp3) is 0.0667. The molecule has 0 heterocycles. The molecule has 0 saturated carbocycles. The summed E-state index contributed by atoms with van der Waals surface area (Å²) in [7, 11) is -2.86. The zero-order valence-electron chi connectivity index (χ0n) is 12.0. The van der Waals surface area contributed by atoms with Crippen LogP contribution in [0.3, 0.4) is 0 Å². The highest BCUT2D eigenvalue weighted by Crippen LogP contribution is 2.27. The van der Waals surface area contributed by atoms with E-state index in [1.54, 1.807) is 0 Å². The molecule has 2 aromatic rings. The Morgan fingerprint density at radius 1 is 1.22 bits per heavy atom. The predicted molar refractivity (Wildman–Crippen MR) is 80.5 cm³/mol. The third-order valence-electron chi connectivity index (χ3n) is 2.91. The minimum Gasteiger partial charge on any atom is -0.497 e. The van der Waals surface area contributed by atoms with Crippen molar-refractivity contribution in [2.75, 3.05) is 7.11 Å². The molecule has 1 amide bonds. The van der Waals surface area contributed by atoms with Crippen LogP contribution in [0.1, 0.15) is 15.9 Å². The topological polar surface area (TPSA) is 119 Å². The van der Waals surface area contributed by atoms with Crippen LogP contribution in [-0.4, -0.2) is 21.4 Å². The summed E-state index contributed by atoms with van der Waals surface area (Å²) in [6, 6.07) is 11.2. The van der Waals surface area contributed by atoms with E-state index in [0.29, 0.717) is 5.75 Å². The SMILES string of the molecule is COc1ccc(C(N)=O)c(OS(=O)(=O)c2cccc(C#N)c2)c1. The second kappa shape index (κ2) is 6.37. The van der Waals surface area contributed by atoms with Gasteiger partial charge < -0.3 is 14.7 Å². The maximum Gasteiger partial charge on any atom is 0.339 e. The second-order valence-electron chi connectivity index (χ2n) is 4.40. The first-order chi connectivity index (χ1) is 10.9. The fourth-order valence-electron chi connectivity index (χ4n) is 1.79. The fourth-order valence-corrected chi connectivity index (χ4v) is 2.78. The van der Waals surface area contributed by atoms with Crippen LogP contribution in [0.2, 0.25) is 0 Å². The molecule has 0 aliphatic carbocycles. The van der Waals surface area contributed by atoms with Crippen LogP contribution in [0.25, 0.3) is 0 Å². The lowest BCUT2D eigenvalue weighted by atomic mass is 10.2. The highest BCUT2D eigenvalue weighted by molar-refractivity contribution is 7.87. The van der Waals surface area contributed by atoms with Crippen LogP contribution in [0, 0.1) is 11.3 Å². The molecule has 23 heavy (non-hydrogen) atoms. The number of nitrogens with two attached hydrogens (primary N) is 1. The molecule has 2 N–H and O–H groups in total. The van der Waals surface area contributed by atoms with E-state index in [1.165, 1.54) is 49.6 Å². The third-order valence-corrected chi connectivity index (χ3v) is 4.14. The minimum absolute atomic E-state index is 0.106. The largest absolute Gasteiger partial charge is 0.497 e. The molecule has 7 nitrogen and oxygen atoms in total. The lowest BCUT2D eigenvalue weighted by molar-refractivity contribution is 0.0999. The summed E-state index contributed by atoms with van der Waals surface area (Å²) < 4.78 is 34.6. The van der Waals surface area contributed by atoms with Gasteiger partial charge in [-0.05, 0) is 30.3 Å². The number of ether oxygens (including phenoxy) is 1. The summed E-state index contributed by atoms with van der Waals surface area (Å²) >= 11 is 0. The van der Waals surface area contributed by atoms with Gasteiger partial charge in [-0.3, -0.25) is 4.79 Å². The molecular formula is C15H12N2O5S. The molecule has 2 aromatic carbocycles. The quantitative estimate of drug-likeness (QED) is 0.827. The number of hydrogen-bond donors (Lipinski definition) is 1.